The van der Waals surface area contributed by atoms with E-state index in [9.17, 15) is 4.79 Å². The van der Waals surface area contributed by atoms with Crippen LogP contribution in [0.5, 0.6) is 0 Å². The first-order valence-corrected chi connectivity index (χ1v) is 6.37. The van der Waals surface area contributed by atoms with Crippen LogP contribution in [0.2, 0.25) is 0 Å². The number of aryl methyl sites for hydroxylation is 1. The maximum absolute atomic E-state index is 11.7. The normalized spacial score (nSPS) is 19.1. The van der Waals surface area contributed by atoms with Gasteiger partial charge in [0.1, 0.15) is 5.82 Å². The lowest BCUT2D eigenvalue weighted by atomic mass is 10.1. The van der Waals surface area contributed by atoms with E-state index < -0.39 is 5.97 Å². The number of carbonyl (C=O) groups excluding carboxylic acids is 1. The van der Waals surface area contributed by atoms with Crippen molar-refractivity contribution in [2.75, 3.05) is 19.8 Å². The van der Waals surface area contributed by atoms with Crippen molar-refractivity contribution in [1.82, 2.24) is 14.8 Å². The molecule has 0 amide bonds. The van der Waals surface area contributed by atoms with Gasteiger partial charge in [0.2, 0.25) is 5.82 Å². The zero-order valence-electron chi connectivity index (χ0n) is 10.9. The van der Waals surface area contributed by atoms with Gasteiger partial charge in [0.25, 0.3) is 0 Å². The first kappa shape index (κ1) is 13.0. The van der Waals surface area contributed by atoms with Gasteiger partial charge < -0.3 is 14.0 Å². The third-order valence-corrected chi connectivity index (χ3v) is 3.18. The molecule has 1 aliphatic heterocycles. The first-order valence-electron chi connectivity index (χ1n) is 6.37. The minimum absolute atomic E-state index is 0.299. The minimum atomic E-state index is -0.402. The van der Waals surface area contributed by atoms with Crippen LogP contribution >= 0.6 is 0 Å². The van der Waals surface area contributed by atoms with Crippen molar-refractivity contribution >= 4 is 5.97 Å². The van der Waals surface area contributed by atoms with E-state index in [2.05, 4.69) is 10.2 Å². The standard InChI is InChI=1S/C12H19N3O3/c1-3-18-12(16)11-14-13-9(2)15(11)6-4-10-5-7-17-8-10/h10H,3-8H2,1-2H3. The van der Waals surface area contributed by atoms with Crippen molar-refractivity contribution in [3.05, 3.63) is 11.6 Å². The lowest BCUT2D eigenvalue weighted by molar-refractivity contribution is 0.0505. The molecule has 1 aromatic rings. The Morgan fingerprint density at radius 2 is 2.39 bits per heavy atom. The highest BCUT2D eigenvalue weighted by atomic mass is 16.5. The van der Waals surface area contributed by atoms with Crippen LogP contribution in [0.15, 0.2) is 0 Å². The summed E-state index contributed by atoms with van der Waals surface area (Å²) in [6.45, 7) is 6.37. The van der Waals surface area contributed by atoms with Gasteiger partial charge in [0, 0.05) is 19.8 Å². The summed E-state index contributed by atoms with van der Waals surface area (Å²) in [5.74, 6) is 1.22. The van der Waals surface area contributed by atoms with E-state index in [-0.39, 0.29) is 0 Å². The summed E-state index contributed by atoms with van der Waals surface area (Å²) in [5, 5.41) is 7.83. The highest BCUT2D eigenvalue weighted by Crippen LogP contribution is 2.18. The van der Waals surface area contributed by atoms with Crippen molar-refractivity contribution in [1.29, 1.82) is 0 Å². The summed E-state index contributed by atoms with van der Waals surface area (Å²) in [4.78, 5) is 11.7. The second-order valence-electron chi connectivity index (χ2n) is 4.46. The van der Waals surface area contributed by atoms with Crippen molar-refractivity contribution in [3.8, 4) is 0 Å². The summed E-state index contributed by atoms with van der Waals surface area (Å²) < 4.78 is 12.1. The maximum Gasteiger partial charge on any atom is 0.376 e. The Hall–Kier alpha value is -1.43. The number of aromatic nitrogens is 3. The molecule has 0 aromatic carbocycles. The third-order valence-electron chi connectivity index (χ3n) is 3.18. The van der Waals surface area contributed by atoms with Gasteiger partial charge in [-0.1, -0.05) is 0 Å². The average Bonchev–Trinajstić information content (AvgIpc) is 2.96. The summed E-state index contributed by atoms with van der Waals surface area (Å²) >= 11 is 0. The van der Waals surface area contributed by atoms with Crippen LogP contribution in [-0.2, 0) is 16.0 Å². The Morgan fingerprint density at radius 3 is 3.06 bits per heavy atom. The molecule has 2 rings (SSSR count). The van der Waals surface area contributed by atoms with E-state index >= 15 is 0 Å². The molecule has 1 atom stereocenters. The summed E-state index contributed by atoms with van der Waals surface area (Å²) in [6, 6.07) is 0. The Kier molecular flexibility index (Phi) is 4.30. The summed E-state index contributed by atoms with van der Waals surface area (Å²) in [5.41, 5.74) is 0. The van der Waals surface area contributed by atoms with Crippen LogP contribution < -0.4 is 0 Å². The van der Waals surface area contributed by atoms with E-state index in [0.29, 0.717) is 18.3 Å². The smallest absolute Gasteiger partial charge is 0.376 e. The van der Waals surface area contributed by atoms with Gasteiger partial charge in [-0.15, -0.1) is 10.2 Å². The van der Waals surface area contributed by atoms with Crippen LogP contribution in [0.4, 0.5) is 0 Å². The van der Waals surface area contributed by atoms with Crippen molar-refractivity contribution in [3.63, 3.8) is 0 Å². The van der Waals surface area contributed by atoms with Gasteiger partial charge in [0.05, 0.1) is 6.61 Å². The molecule has 100 valence electrons. The van der Waals surface area contributed by atoms with Gasteiger partial charge in [-0.2, -0.15) is 0 Å². The van der Waals surface area contributed by atoms with Crippen LogP contribution in [0.1, 0.15) is 36.2 Å². The number of hydrogen-bond acceptors (Lipinski definition) is 5. The molecule has 1 unspecified atom stereocenters. The molecule has 1 fully saturated rings. The number of rotatable bonds is 5. The molecule has 0 spiro atoms. The maximum atomic E-state index is 11.7. The minimum Gasteiger partial charge on any atom is -0.460 e. The Morgan fingerprint density at radius 1 is 1.56 bits per heavy atom. The molecule has 6 nitrogen and oxygen atoms in total. The van der Waals surface area contributed by atoms with Crippen LogP contribution in [0.3, 0.4) is 0 Å². The molecular weight excluding hydrogens is 234 g/mol. The summed E-state index contributed by atoms with van der Waals surface area (Å²) in [7, 11) is 0. The molecule has 1 aliphatic rings. The quantitative estimate of drug-likeness (QED) is 0.737. The van der Waals surface area contributed by atoms with Crippen molar-refractivity contribution in [2.24, 2.45) is 5.92 Å². The number of carbonyl (C=O) groups is 1. The molecule has 0 bridgehead atoms. The first-order chi connectivity index (χ1) is 8.72. The van der Waals surface area contributed by atoms with Crippen LogP contribution in [0.25, 0.3) is 0 Å². The fourth-order valence-corrected chi connectivity index (χ4v) is 2.12. The zero-order valence-corrected chi connectivity index (χ0v) is 10.9. The Balaban J connectivity index is 2.01. The lowest BCUT2D eigenvalue weighted by Crippen LogP contribution is -2.16. The second-order valence-corrected chi connectivity index (χ2v) is 4.46. The molecule has 1 saturated heterocycles. The predicted molar refractivity (Wildman–Crippen MR) is 64.3 cm³/mol. The fraction of sp³-hybridized carbons (Fsp3) is 0.750. The number of hydrogen-bond donors (Lipinski definition) is 0. The number of esters is 1. The topological polar surface area (TPSA) is 66.2 Å². The van der Waals surface area contributed by atoms with E-state index in [4.69, 9.17) is 9.47 Å². The van der Waals surface area contributed by atoms with Crippen molar-refractivity contribution < 1.29 is 14.3 Å². The van der Waals surface area contributed by atoms with Gasteiger partial charge in [-0.3, -0.25) is 0 Å². The average molecular weight is 253 g/mol. The molecule has 0 N–H and O–H groups in total. The highest BCUT2D eigenvalue weighted by Gasteiger charge is 2.20. The zero-order chi connectivity index (χ0) is 13.0. The molecular formula is C12H19N3O3. The number of ether oxygens (including phenoxy) is 2. The molecule has 0 aliphatic carbocycles. The van der Waals surface area contributed by atoms with E-state index in [0.717, 1.165) is 38.4 Å². The fourth-order valence-electron chi connectivity index (χ4n) is 2.12. The summed E-state index contributed by atoms with van der Waals surface area (Å²) in [6.07, 6.45) is 2.07. The molecule has 0 saturated carbocycles. The molecule has 6 heteroatoms. The van der Waals surface area contributed by atoms with Crippen molar-refractivity contribution in [2.45, 2.75) is 33.2 Å². The van der Waals surface area contributed by atoms with Gasteiger partial charge in [-0.25, -0.2) is 4.79 Å². The van der Waals surface area contributed by atoms with Crippen LogP contribution in [-0.4, -0.2) is 40.6 Å². The van der Waals surface area contributed by atoms with E-state index in [1.807, 2.05) is 11.5 Å². The highest BCUT2D eigenvalue weighted by molar-refractivity contribution is 5.85. The Labute approximate surface area is 106 Å². The third kappa shape index (κ3) is 2.87. The molecule has 18 heavy (non-hydrogen) atoms. The SMILES string of the molecule is CCOC(=O)c1nnc(C)n1CCC1CCOC1. The van der Waals surface area contributed by atoms with E-state index in [1.165, 1.54) is 0 Å². The van der Waals surface area contributed by atoms with Gasteiger partial charge in [0.15, 0.2) is 0 Å². The van der Waals surface area contributed by atoms with E-state index in [1.54, 1.807) is 6.92 Å². The van der Waals surface area contributed by atoms with Gasteiger partial charge >= 0.3 is 5.97 Å². The second kappa shape index (κ2) is 5.95. The molecule has 0 radical (unpaired) electrons. The number of nitrogens with zero attached hydrogens (tertiary/aromatic N) is 3. The molecule has 2 heterocycles. The van der Waals surface area contributed by atoms with Gasteiger partial charge in [-0.05, 0) is 32.6 Å². The molecule has 1 aromatic heterocycles. The monoisotopic (exact) mass is 253 g/mol. The largest absolute Gasteiger partial charge is 0.460 e. The Bertz CT molecular complexity index is 411. The van der Waals surface area contributed by atoms with Crippen LogP contribution in [0, 0.1) is 12.8 Å². The lowest BCUT2D eigenvalue weighted by Gasteiger charge is -2.10. The predicted octanol–water partition coefficient (Wildman–Crippen LogP) is 1.19.